The summed E-state index contributed by atoms with van der Waals surface area (Å²) in [6.07, 6.45) is 2.14. The summed E-state index contributed by atoms with van der Waals surface area (Å²) in [6.45, 7) is 5.94. The van der Waals surface area contributed by atoms with Crippen LogP contribution in [0.1, 0.15) is 44.6 Å². The predicted octanol–water partition coefficient (Wildman–Crippen LogP) is 0.781. The molecule has 134 valence electrons. The maximum atomic E-state index is 12.5. The summed E-state index contributed by atoms with van der Waals surface area (Å²) in [5.41, 5.74) is 0.617. The van der Waals surface area contributed by atoms with E-state index in [0.717, 1.165) is 12.8 Å². The second-order valence-electron chi connectivity index (χ2n) is 7.09. The Hall–Kier alpha value is -1.25. The van der Waals surface area contributed by atoms with E-state index in [4.69, 9.17) is 0 Å². The first-order valence-corrected chi connectivity index (χ1v) is 10.1. The van der Waals surface area contributed by atoms with Gasteiger partial charge in [-0.25, -0.2) is 13.4 Å². The van der Waals surface area contributed by atoms with E-state index in [1.807, 2.05) is 7.05 Å². The van der Waals surface area contributed by atoms with Crippen LogP contribution in [-0.4, -0.2) is 52.1 Å². The summed E-state index contributed by atoms with van der Waals surface area (Å²) in [5, 5.41) is -0.231. The first kappa shape index (κ1) is 17.6. The van der Waals surface area contributed by atoms with E-state index in [2.05, 4.69) is 23.7 Å². The molecule has 0 saturated heterocycles. The number of hydrogen-bond acceptors (Lipinski definition) is 5. The van der Waals surface area contributed by atoms with Crippen molar-refractivity contribution in [3.8, 4) is 0 Å². The third-order valence-corrected chi connectivity index (χ3v) is 7.19. The van der Waals surface area contributed by atoms with Crippen LogP contribution in [0.2, 0.25) is 0 Å². The van der Waals surface area contributed by atoms with Crippen LogP contribution >= 0.6 is 0 Å². The molecular formula is C16H26N4O3S. The van der Waals surface area contributed by atoms with Gasteiger partial charge in [-0.1, -0.05) is 0 Å². The minimum Gasteiger partial charge on any atom is -0.298 e. The van der Waals surface area contributed by atoms with Crippen molar-refractivity contribution in [2.45, 2.75) is 64.0 Å². The molecule has 0 radical (unpaired) electrons. The highest BCUT2D eigenvalue weighted by atomic mass is 32.2. The van der Waals surface area contributed by atoms with Crippen LogP contribution in [0.4, 0.5) is 0 Å². The van der Waals surface area contributed by atoms with E-state index in [1.165, 1.54) is 4.31 Å². The SMILES string of the molecule is CC(C)N(C)Cc1cc(=O)n2c(n1)CN(S(=O)(=O)C1CC1)CCC2. The largest absolute Gasteiger partial charge is 0.298 e. The van der Waals surface area contributed by atoms with Gasteiger partial charge in [0.05, 0.1) is 17.5 Å². The Balaban J connectivity index is 1.90. The Morgan fingerprint density at radius 1 is 1.33 bits per heavy atom. The second kappa shape index (κ2) is 6.57. The van der Waals surface area contributed by atoms with E-state index in [9.17, 15) is 13.2 Å². The number of nitrogens with zero attached hydrogens (tertiary/aromatic N) is 4. The zero-order valence-electron chi connectivity index (χ0n) is 14.6. The van der Waals surface area contributed by atoms with E-state index >= 15 is 0 Å². The van der Waals surface area contributed by atoms with Gasteiger partial charge in [0.15, 0.2) is 0 Å². The zero-order valence-corrected chi connectivity index (χ0v) is 15.4. The number of aromatic nitrogens is 2. The lowest BCUT2D eigenvalue weighted by Gasteiger charge is -2.22. The highest BCUT2D eigenvalue weighted by Gasteiger charge is 2.40. The Kier molecular flexibility index (Phi) is 4.81. The standard InChI is InChI=1S/C16H26N4O3S/c1-12(2)18(3)10-13-9-16(21)20-8-4-7-19(11-15(20)17-13)24(22,23)14-5-6-14/h9,12,14H,4-8,10-11H2,1-3H3. The van der Waals surface area contributed by atoms with Gasteiger partial charge in [-0.3, -0.25) is 14.3 Å². The summed E-state index contributed by atoms with van der Waals surface area (Å²) in [5.74, 6) is 0.566. The normalized spacial score (nSPS) is 19.5. The Labute approximate surface area is 143 Å². The molecule has 7 nitrogen and oxygen atoms in total. The number of sulfonamides is 1. The number of rotatable bonds is 5. The predicted molar refractivity (Wildman–Crippen MR) is 92.1 cm³/mol. The van der Waals surface area contributed by atoms with Gasteiger partial charge in [0.2, 0.25) is 10.0 Å². The minimum atomic E-state index is -3.25. The highest BCUT2D eigenvalue weighted by Crippen LogP contribution is 2.32. The first-order valence-electron chi connectivity index (χ1n) is 8.58. The maximum Gasteiger partial charge on any atom is 0.253 e. The van der Waals surface area contributed by atoms with Gasteiger partial charge in [0.1, 0.15) is 5.82 Å². The smallest absolute Gasteiger partial charge is 0.253 e. The van der Waals surface area contributed by atoms with Crippen molar-refractivity contribution in [1.29, 1.82) is 0 Å². The van der Waals surface area contributed by atoms with Crippen LogP contribution in [0, 0.1) is 0 Å². The molecule has 0 unspecified atom stereocenters. The zero-order chi connectivity index (χ0) is 17.5. The van der Waals surface area contributed by atoms with Crippen molar-refractivity contribution < 1.29 is 8.42 Å². The summed E-state index contributed by atoms with van der Waals surface area (Å²) >= 11 is 0. The van der Waals surface area contributed by atoms with Gasteiger partial charge in [0, 0.05) is 31.7 Å². The van der Waals surface area contributed by atoms with E-state index in [1.54, 1.807) is 10.6 Å². The van der Waals surface area contributed by atoms with Crippen LogP contribution in [0.25, 0.3) is 0 Å². The van der Waals surface area contributed by atoms with Gasteiger partial charge >= 0.3 is 0 Å². The molecule has 24 heavy (non-hydrogen) atoms. The molecule has 1 fully saturated rings. The van der Waals surface area contributed by atoms with Gasteiger partial charge in [-0.2, -0.15) is 4.31 Å². The molecule has 8 heteroatoms. The molecule has 1 aliphatic heterocycles. The van der Waals surface area contributed by atoms with E-state index in [0.29, 0.717) is 43.6 Å². The van der Waals surface area contributed by atoms with Crippen molar-refractivity contribution in [1.82, 2.24) is 18.8 Å². The molecule has 0 aromatic carbocycles. The van der Waals surface area contributed by atoms with Crippen molar-refractivity contribution >= 4 is 10.0 Å². The van der Waals surface area contributed by atoms with E-state index < -0.39 is 10.0 Å². The van der Waals surface area contributed by atoms with Crippen LogP contribution in [-0.2, 0) is 29.7 Å². The molecule has 0 spiro atoms. The highest BCUT2D eigenvalue weighted by molar-refractivity contribution is 7.90. The van der Waals surface area contributed by atoms with Gasteiger partial charge < -0.3 is 0 Å². The molecule has 0 atom stereocenters. The van der Waals surface area contributed by atoms with Crippen LogP contribution in [0.5, 0.6) is 0 Å². The van der Waals surface area contributed by atoms with Crippen molar-refractivity contribution in [2.75, 3.05) is 13.6 Å². The molecule has 1 saturated carbocycles. The van der Waals surface area contributed by atoms with Gasteiger partial charge in [0.25, 0.3) is 5.56 Å². The molecule has 0 bridgehead atoms. The summed E-state index contributed by atoms with van der Waals surface area (Å²) < 4.78 is 28.2. The first-order chi connectivity index (χ1) is 11.3. The Morgan fingerprint density at radius 3 is 2.67 bits per heavy atom. The monoisotopic (exact) mass is 354 g/mol. The molecule has 1 aromatic rings. The fraction of sp³-hybridized carbons (Fsp3) is 0.750. The Bertz CT molecular complexity index is 768. The van der Waals surface area contributed by atoms with Crippen LogP contribution in [0.15, 0.2) is 10.9 Å². The lowest BCUT2D eigenvalue weighted by atomic mass is 10.3. The van der Waals surface area contributed by atoms with Gasteiger partial charge in [-0.15, -0.1) is 0 Å². The molecule has 1 aromatic heterocycles. The van der Waals surface area contributed by atoms with Crippen molar-refractivity contribution in [2.24, 2.45) is 0 Å². The van der Waals surface area contributed by atoms with Crippen molar-refractivity contribution in [3.63, 3.8) is 0 Å². The number of fused-ring (bicyclic) bond motifs is 1. The maximum absolute atomic E-state index is 12.5. The topological polar surface area (TPSA) is 75.5 Å². The average molecular weight is 354 g/mol. The third-order valence-electron chi connectivity index (χ3n) is 4.85. The summed E-state index contributed by atoms with van der Waals surface area (Å²) in [6, 6.07) is 1.92. The lowest BCUT2D eigenvalue weighted by molar-refractivity contribution is 0.261. The fourth-order valence-corrected chi connectivity index (χ4v) is 4.75. The number of hydrogen-bond donors (Lipinski definition) is 0. The molecule has 3 rings (SSSR count). The van der Waals surface area contributed by atoms with Crippen LogP contribution in [0.3, 0.4) is 0 Å². The molecule has 2 heterocycles. The minimum absolute atomic E-state index is 0.0853. The molecule has 2 aliphatic rings. The second-order valence-corrected chi connectivity index (χ2v) is 9.31. The third kappa shape index (κ3) is 3.55. The summed E-state index contributed by atoms with van der Waals surface area (Å²) in [7, 11) is -1.26. The van der Waals surface area contributed by atoms with Gasteiger partial charge in [-0.05, 0) is 40.2 Å². The van der Waals surface area contributed by atoms with Crippen LogP contribution < -0.4 is 5.56 Å². The van der Waals surface area contributed by atoms with E-state index in [-0.39, 0.29) is 17.4 Å². The molecule has 1 aliphatic carbocycles. The molecular weight excluding hydrogens is 328 g/mol. The fourth-order valence-electron chi connectivity index (χ4n) is 2.92. The molecule has 0 N–H and O–H groups in total. The Morgan fingerprint density at radius 2 is 2.04 bits per heavy atom. The van der Waals surface area contributed by atoms with Crippen molar-refractivity contribution in [3.05, 3.63) is 27.9 Å². The lowest BCUT2D eigenvalue weighted by Crippen LogP contribution is -2.35. The quantitative estimate of drug-likeness (QED) is 0.781. The summed E-state index contributed by atoms with van der Waals surface area (Å²) in [4.78, 5) is 19.1. The average Bonchev–Trinajstić information content (AvgIpc) is 3.33. The molecule has 0 amide bonds.